The molecule has 0 spiro atoms. The summed E-state index contributed by atoms with van der Waals surface area (Å²) in [6.07, 6.45) is 1.79. The summed E-state index contributed by atoms with van der Waals surface area (Å²) in [5.41, 5.74) is 0. The van der Waals surface area contributed by atoms with Crippen molar-refractivity contribution in [2.75, 3.05) is 24.3 Å². The third-order valence-corrected chi connectivity index (χ3v) is 2.31. The maximum atomic E-state index is 10.8. The first kappa shape index (κ1) is 11.7. The molecule has 1 amide bonds. The summed E-state index contributed by atoms with van der Waals surface area (Å²) in [5, 5.41) is 7.13. The minimum absolute atomic E-state index is 0.0816. The van der Waals surface area contributed by atoms with Gasteiger partial charge in [-0.3, -0.25) is 4.79 Å². The Balaban J connectivity index is 3.51. The van der Waals surface area contributed by atoms with Crippen LogP contribution in [0.1, 0.15) is 0 Å². The Morgan fingerprint density at radius 2 is 2.17 bits per heavy atom. The lowest BCUT2D eigenvalue weighted by molar-refractivity contribution is -0.118. The van der Waals surface area contributed by atoms with E-state index in [0.29, 0.717) is 5.75 Å². The normalized spacial score (nSPS) is 11.2. The van der Waals surface area contributed by atoms with Crippen molar-refractivity contribution in [3.63, 3.8) is 0 Å². The topological polar surface area (TPSA) is 89.3 Å². The Kier molecular flexibility index (Phi) is 5.27. The largest absolute Gasteiger partial charge is 0.354 e. The highest BCUT2D eigenvalue weighted by Gasteiger charge is 2.03. The number of amides is 1. The van der Waals surface area contributed by atoms with E-state index in [4.69, 9.17) is 5.14 Å². The van der Waals surface area contributed by atoms with Gasteiger partial charge in [0, 0.05) is 6.54 Å². The molecule has 0 aromatic carbocycles. The van der Waals surface area contributed by atoms with Crippen molar-refractivity contribution in [1.29, 1.82) is 0 Å². The molecule has 7 heteroatoms. The molecule has 0 aromatic heterocycles. The van der Waals surface area contributed by atoms with Gasteiger partial charge in [0.25, 0.3) is 0 Å². The van der Waals surface area contributed by atoms with Gasteiger partial charge >= 0.3 is 0 Å². The van der Waals surface area contributed by atoms with E-state index >= 15 is 0 Å². The Morgan fingerprint density at radius 3 is 2.58 bits per heavy atom. The highest BCUT2D eigenvalue weighted by atomic mass is 32.2. The second kappa shape index (κ2) is 5.39. The fourth-order valence-corrected chi connectivity index (χ4v) is 1.27. The maximum Gasteiger partial charge on any atom is 0.230 e. The number of primary sulfonamides is 1. The van der Waals surface area contributed by atoms with Crippen molar-refractivity contribution >= 4 is 27.7 Å². The van der Waals surface area contributed by atoms with Crippen LogP contribution < -0.4 is 10.5 Å². The first-order chi connectivity index (χ1) is 5.45. The summed E-state index contributed by atoms with van der Waals surface area (Å²) in [6, 6.07) is 0. The minimum atomic E-state index is -3.46. The summed E-state index contributed by atoms with van der Waals surface area (Å²) in [5.74, 6) is -0.0521. The molecular weight excluding hydrogens is 200 g/mol. The van der Waals surface area contributed by atoms with Crippen LogP contribution in [-0.2, 0) is 14.8 Å². The number of nitrogens with two attached hydrogens (primary N) is 1. The van der Waals surface area contributed by atoms with Crippen LogP contribution in [0.25, 0.3) is 0 Å². The van der Waals surface area contributed by atoms with E-state index in [-0.39, 0.29) is 18.2 Å². The number of thioether (sulfide) groups is 1. The lowest BCUT2D eigenvalue weighted by Gasteiger charge is -2.01. The van der Waals surface area contributed by atoms with Gasteiger partial charge in [0.1, 0.15) is 0 Å². The Morgan fingerprint density at radius 1 is 1.58 bits per heavy atom. The van der Waals surface area contributed by atoms with Gasteiger partial charge in [-0.15, -0.1) is 0 Å². The van der Waals surface area contributed by atoms with Gasteiger partial charge in [-0.1, -0.05) is 0 Å². The van der Waals surface area contributed by atoms with E-state index in [2.05, 4.69) is 5.32 Å². The van der Waals surface area contributed by atoms with Crippen molar-refractivity contribution in [3.8, 4) is 0 Å². The third-order valence-electron chi connectivity index (χ3n) is 0.984. The van der Waals surface area contributed by atoms with E-state index in [0.717, 1.165) is 0 Å². The molecule has 0 bridgehead atoms. The maximum absolute atomic E-state index is 10.8. The summed E-state index contributed by atoms with van der Waals surface area (Å²) >= 11 is 1.37. The molecule has 0 unspecified atom stereocenters. The van der Waals surface area contributed by atoms with Crippen molar-refractivity contribution in [1.82, 2.24) is 5.32 Å². The van der Waals surface area contributed by atoms with E-state index < -0.39 is 10.0 Å². The molecule has 0 aliphatic carbocycles. The number of carbonyl (C=O) groups is 1. The van der Waals surface area contributed by atoms with Gasteiger partial charge < -0.3 is 5.32 Å². The van der Waals surface area contributed by atoms with Gasteiger partial charge in [0.05, 0.1) is 11.5 Å². The second-order valence-electron chi connectivity index (χ2n) is 2.15. The zero-order valence-electron chi connectivity index (χ0n) is 6.74. The summed E-state index contributed by atoms with van der Waals surface area (Å²) < 4.78 is 20.8. The molecule has 0 saturated carbocycles. The number of nitrogens with one attached hydrogen (secondary N) is 1. The molecule has 0 aliphatic heterocycles. The van der Waals surface area contributed by atoms with Crippen molar-refractivity contribution in [2.24, 2.45) is 5.14 Å². The highest BCUT2D eigenvalue weighted by molar-refractivity contribution is 7.99. The van der Waals surface area contributed by atoms with E-state index in [1.807, 2.05) is 0 Å². The van der Waals surface area contributed by atoms with Gasteiger partial charge in [0.2, 0.25) is 15.9 Å². The average molecular weight is 212 g/mol. The quantitative estimate of drug-likeness (QED) is 0.596. The molecule has 12 heavy (non-hydrogen) atoms. The summed E-state index contributed by atoms with van der Waals surface area (Å²) in [6.45, 7) is 0.0816. The molecule has 0 fully saturated rings. The summed E-state index contributed by atoms with van der Waals surface area (Å²) in [7, 11) is -3.46. The zero-order chi connectivity index (χ0) is 9.61. The average Bonchev–Trinajstić information content (AvgIpc) is 1.84. The fraction of sp³-hybridized carbons (Fsp3) is 0.800. The molecule has 0 radical (unpaired) electrons. The van der Waals surface area contributed by atoms with Crippen molar-refractivity contribution in [3.05, 3.63) is 0 Å². The zero-order valence-corrected chi connectivity index (χ0v) is 8.37. The number of hydrogen-bond donors (Lipinski definition) is 2. The molecule has 72 valence electrons. The van der Waals surface area contributed by atoms with E-state index in [1.54, 1.807) is 6.26 Å². The first-order valence-corrected chi connectivity index (χ1v) is 6.33. The molecule has 5 nitrogen and oxygen atoms in total. The van der Waals surface area contributed by atoms with E-state index in [1.165, 1.54) is 11.8 Å². The lowest BCUT2D eigenvalue weighted by atomic mass is 10.6. The minimum Gasteiger partial charge on any atom is -0.354 e. The SMILES string of the molecule is CSCC(=O)NCCS(N)(=O)=O. The Hall–Kier alpha value is -0.270. The molecule has 0 aromatic rings. The third kappa shape index (κ3) is 7.83. The predicted octanol–water partition coefficient (Wildman–Crippen LogP) is -1.25. The van der Waals surface area contributed by atoms with Crippen LogP contribution in [0.4, 0.5) is 0 Å². The van der Waals surface area contributed by atoms with Gasteiger partial charge in [-0.05, 0) is 6.26 Å². The van der Waals surface area contributed by atoms with Crippen LogP contribution in [0.2, 0.25) is 0 Å². The molecule has 0 heterocycles. The number of rotatable bonds is 5. The second-order valence-corrected chi connectivity index (χ2v) is 4.75. The number of sulfonamides is 1. The number of carbonyl (C=O) groups excluding carboxylic acids is 1. The van der Waals surface area contributed by atoms with Crippen LogP contribution in [-0.4, -0.2) is 38.6 Å². The van der Waals surface area contributed by atoms with Crippen LogP contribution in [0.3, 0.4) is 0 Å². The fourth-order valence-electron chi connectivity index (χ4n) is 0.515. The molecule has 0 saturated heterocycles. The van der Waals surface area contributed by atoms with Crippen LogP contribution in [0.15, 0.2) is 0 Å². The Bertz CT molecular complexity index is 237. The van der Waals surface area contributed by atoms with Gasteiger partial charge in [-0.2, -0.15) is 11.8 Å². The molecule has 3 N–H and O–H groups in total. The van der Waals surface area contributed by atoms with Crippen LogP contribution in [0.5, 0.6) is 0 Å². The molecular formula is C5H12N2O3S2. The van der Waals surface area contributed by atoms with E-state index in [9.17, 15) is 13.2 Å². The van der Waals surface area contributed by atoms with Gasteiger partial charge in [-0.25, -0.2) is 13.6 Å². The smallest absolute Gasteiger partial charge is 0.230 e. The van der Waals surface area contributed by atoms with Crippen LogP contribution in [0, 0.1) is 0 Å². The number of hydrogen-bond acceptors (Lipinski definition) is 4. The molecule has 0 atom stereocenters. The summed E-state index contributed by atoms with van der Waals surface area (Å²) in [4.78, 5) is 10.8. The molecule has 0 aliphatic rings. The van der Waals surface area contributed by atoms with Crippen molar-refractivity contribution < 1.29 is 13.2 Å². The monoisotopic (exact) mass is 212 g/mol. The highest BCUT2D eigenvalue weighted by Crippen LogP contribution is 1.88. The molecule has 0 rings (SSSR count). The predicted molar refractivity (Wildman–Crippen MR) is 49.4 cm³/mol. The Labute approximate surface area is 76.1 Å². The van der Waals surface area contributed by atoms with Crippen molar-refractivity contribution in [2.45, 2.75) is 0 Å². The van der Waals surface area contributed by atoms with Gasteiger partial charge in [0.15, 0.2) is 0 Å². The lowest BCUT2D eigenvalue weighted by Crippen LogP contribution is -2.32. The van der Waals surface area contributed by atoms with Crippen LogP contribution >= 0.6 is 11.8 Å². The first-order valence-electron chi connectivity index (χ1n) is 3.22. The standard InChI is InChI=1S/C5H12N2O3S2/c1-11-4-5(8)7-2-3-12(6,9)10/h2-4H2,1H3,(H,7,8)(H2,6,9,10).